The van der Waals surface area contributed by atoms with E-state index in [1.165, 1.54) is 0 Å². The number of nitrogens with zero attached hydrogens (tertiary/aromatic N) is 2. The van der Waals surface area contributed by atoms with Crippen molar-refractivity contribution < 1.29 is 18.7 Å². The highest BCUT2D eigenvalue weighted by molar-refractivity contribution is 9.10. The number of hydrogen-bond acceptors (Lipinski definition) is 5. The maximum atomic E-state index is 13.1. The average Bonchev–Trinajstić information content (AvgIpc) is 3.36. The third-order valence-electron chi connectivity index (χ3n) is 5.67. The average molecular weight is 477 g/mol. The summed E-state index contributed by atoms with van der Waals surface area (Å²) in [6.45, 7) is 8.03. The number of halogens is 1. The van der Waals surface area contributed by atoms with Crippen molar-refractivity contribution in [2.45, 2.75) is 51.5 Å². The first-order chi connectivity index (χ1) is 14.5. The minimum atomic E-state index is -0.0262. The molecule has 0 bridgehead atoms. The molecule has 2 saturated heterocycles. The van der Waals surface area contributed by atoms with Crippen LogP contribution in [0.4, 0.5) is 0 Å². The van der Waals surface area contributed by atoms with Gasteiger partial charge in [-0.2, -0.15) is 0 Å². The highest BCUT2D eigenvalue weighted by Gasteiger charge is 2.34. The minimum absolute atomic E-state index is 0.0262. The molecule has 1 amide bonds. The highest BCUT2D eigenvalue weighted by atomic mass is 79.9. The number of carbonyl (C=O) groups excluding carboxylic acids is 1. The molecule has 2 fully saturated rings. The van der Waals surface area contributed by atoms with Gasteiger partial charge < -0.3 is 18.8 Å². The molecule has 162 valence electrons. The van der Waals surface area contributed by atoms with Crippen molar-refractivity contribution in [3.05, 3.63) is 52.4 Å². The van der Waals surface area contributed by atoms with E-state index < -0.39 is 0 Å². The lowest BCUT2D eigenvalue weighted by Gasteiger charge is -2.38. The number of rotatable bonds is 6. The van der Waals surface area contributed by atoms with E-state index in [4.69, 9.17) is 13.9 Å². The third-order valence-corrected chi connectivity index (χ3v) is 6.20. The lowest BCUT2D eigenvalue weighted by atomic mass is 10.1. The summed E-state index contributed by atoms with van der Waals surface area (Å²) >= 11 is 3.41. The highest BCUT2D eigenvalue weighted by Crippen LogP contribution is 2.24. The molecule has 3 atom stereocenters. The summed E-state index contributed by atoms with van der Waals surface area (Å²) in [5.41, 5.74) is 0. The van der Waals surface area contributed by atoms with Gasteiger partial charge in [0, 0.05) is 36.7 Å². The van der Waals surface area contributed by atoms with E-state index in [0.29, 0.717) is 18.1 Å². The van der Waals surface area contributed by atoms with Gasteiger partial charge in [0.15, 0.2) is 5.76 Å². The molecule has 2 aromatic rings. The Balaban J connectivity index is 1.34. The van der Waals surface area contributed by atoms with Crippen LogP contribution in [0.3, 0.4) is 0 Å². The Hall–Kier alpha value is -1.83. The molecule has 2 aliphatic heterocycles. The van der Waals surface area contributed by atoms with E-state index in [9.17, 15) is 4.79 Å². The van der Waals surface area contributed by atoms with Crippen molar-refractivity contribution in [3.63, 3.8) is 0 Å². The maximum Gasteiger partial charge on any atom is 0.289 e. The number of ether oxygens (including phenoxy) is 2. The molecule has 30 heavy (non-hydrogen) atoms. The summed E-state index contributed by atoms with van der Waals surface area (Å²) in [6, 6.07) is 11.4. The number of morpholine rings is 1. The Labute approximate surface area is 186 Å². The van der Waals surface area contributed by atoms with Gasteiger partial charge in [0.1, 0.15) is 18.1 Å². The Bertz CT molecular complexity index is 843. The molecule has 6 nitrogen and oxygen atoms in total. The molecule has 0 saturated carbocycles. The molecule has 1 aromatic carbocycles. The van der Waals surface area contributed by atoms with Crippen LogP contribution >= 0.6 is 15.9 Å². The largest absolute Gasteiger partial charge is 0.486 e. The zero-order chi connectivity index (χ0) is 21.1. The van der Waals surface area contributed by atoms with Crippen molar-refractivity contribution in [1.82, 2.24) is 9.80 Å². The Morgan fingerprint density at radius 2 is 1.87 bits per heavy atom. The fraction of sp³-hybridized carbons (Fsp3) is 0.522. The van der Waals surface area contributed by atoms with Crippen LogP contribution in [0.5, 0.6) is 5.75 Å². The first-order valence-electron chi connectivity index (χ1n) is 10.6. The number of benzene rings is 1. The smallest absolute Gasteiger partial charge is 0.289 e. The lowest BCUT2D eigenvalue weighted by molar-refractivity contribution is -0.0715. The SMILES string of the molecule is CC1CN(CC2CCCN2C(=O)c2ccc(COc3ccc(Br)cc3)o2)CC(C)O1. The number of carbonyl (C=O) groups is 1. The lowest BCUT2D eigenvalue weighted by Crippen LogP contribution is -2.50. The second-order valence-electron chi connectivity index (χ2n) is 8.28. The van der Waals surface area contributed by atoms with Crippen molar-refractivity contribution in [2.24, 2.45) is 0 Å². The molecule has 0 spiro atoms. The molecule has 3 heterocycles. The summed E-state index contributed by atoms with van der Waals surface area (Å²) in [5, 5.41) is 0. The molecule has 2 aliphatic rings. The van der Waals surface area contributed by atoms with Gasteiger partial charge in [-0.3, -0.25) is 9.69 Å². The number of hydrogen-bond donors (Lipinski definition) is 0. The first-order valence-corrected chi connectivity index (χ1v) is 11.4. The van der Waals surface area contributed by atoms with Crippen molar-refractivity contribution in [1.29, 1.82) is 0 Å². The zero-order valence-corrected chi connectivity index (χ0v) is 19.1. The van der Waals surface area contributed by atoms with E-state index >= 15 is 0 Å². The quantitative estimate of drug-likeness (QED) is 0.620. The fourth-order valence-corrected chi connectivity index (χ4v) is 4.69. The summed E-state index contributed by atoms with van der Waals surface area (Å²) in [4.78, 5) is 17.5. The van der Waals surface area contributed by atoms with Crippen LogP contribution in [0.1, 0.15) is 43.0 Å². The predicted molar refractivity (Wildman–Crippen MR) is 118 cm³/mol. The summed E-state index contributed by atoms with van der Waals surface area (Å²) < 4.78 is 18.4. The van der Waals surface area contributed by atoms with Gasteiger partial charge in [0.2, 0.25) is 0 Å². The topological polar surface area (TPSA) is 55.2 Å². The van der Waals surface area contributed by atoms with Gasteiger partial charge in [-0.1, -0.05) is 15.9 Å². The predicted octanol–water partition coefficient (Wildman–Crippen LogP) is 4.33. The molecular formula is C23H29BrN2O4. The van der Waals surface area contributed by atoms with Crippen LogP contribution in [0.25, 0.3) is 0 Å². The standard InChI is InChI=1S/C23H29BrN2O4/c1-16-12-25(13-17(2)29-16)14-19-4-3-11-26(19)23(27)22-10-9-21(30-22)15-28-20-7-5-18(24)6-8-20/h5-10,16-17,19H,3-4,11-15H2,1-2H3. The molecule has 0 N–H and O–H groups in total. The summed E-state index contributed by atoms with van der Waals surface area (Å²) in [6.07, 6.45) is 2.54. The van der Waals surface area contributed by atoms with Gasteiger partial charge in [-0.15, -0.1) is 0 Å². The number of furan rings is 1. The van der Waals surface area contributed by atoms with Crippen LogP contribution in [-0.2, 0) is 11.3 Å². The van der Waals surface area contributed by atoms with E-state index in [-0.39, 0.29) is 24.2 Å². The second kappa shape index (κ2) is 9.54. The van der Waals surface area contributed by atoms with E-state index in [2.05, 4.69) is 34.7 Å². The molecule has 7 heteroatoms. The van der Waals surface area contributed by atoms with Crippen molar-refractivity contribution >= 4 is 21.8 Å². The van der Waals surface area contributed by atoms with Gasteiger partial charge in [0.25, 0.3) is 5.91 Å². The minimum Gasteiger partial charge on any atom is -0.486 e. The van der Waals surface area contributed by atoms with E-state index in [1.807, 2.05) is 35.2 Å². The zero-order valence-electron chi connectivity index (χ0n) is 17.6. The summed E-state index contributed by atoms with van der Waals surface area (Å²) in [5.74, 6) is 1.77. The number of amides is 1. The van der Waals surface area contributed by atoms with Crippen LogP contribution in [0.15, 0.2) is 45.3 Å². The number of likely N-dealkylation sites (tertiary alicyclic amines) is 1. The first kappa shape index (κ1) is 21.4. The third kappa shape index (κ3) is 5.25. The van der Waals surface area contributed by atoms with Crippen LogP contribution < -0.4 is 4.74 Å². The Morgan fingerprint density at radius 3 is 2.60 bits per heavy atom. The van der Waals surface area contributed by atoms with Crippen LogP contribution in [0.2, 0.25) is 0 Å². The monoisotopic (exact) mass is 476 g/mol. The van der Waals surface area contributed by atoms with Gasteiger partial charge in [-0.05, 0) is 63.1 Å². The molecule has 3 unspecified atom stereocenters. The van der Waals surface area contributed by atoms with Crippen molar-refractivity contribution in [2.75, 3.05) is 26.2 Å². The maximum absolute atomic E-state index is 13.1. The van der Waals surface area contributed by atoms with Crippen LogP contribution in [0, 0.1) is 0 Å². The van der Waals surface area contributed by atoms with E-state index in [0.717, 1.165) is 49.2 Å². The van der Waals surface area contributed by atoms with Gasteiger partial charge in [-0.25, -0.2) is 0 Å². The van der Waals surface area contributed by atoms with Crippen LogP contribution in [-0.4, -0.2) is 60.1 Å². The van der Waals surface area contributed by atoms with E-state index in [1.54, 1.807) is 6.07 Å². The molecular weight excluding hydrogens is 448 g/mol. The van der Waals surface area contributed by atoms with Crippen molar-refractivity contribution in [3.8, 4) is 5.75 Å². The Kier molecular flexibility index (Phi) is 6.80. The second-order valence-corrected chi connectivity index (χ2v) is 9.19. The molecule has 4 rings (SSSR count). The molecule has 1 aromatic heterocycles. The fourth-order valence-electron chi connectivity index (χ4n) is 4.42. The molecule has 0 radical (unpaired) electrons. The normalized spacial score (nSPS) is 24.9. The Morgan fingerprint density at radius 1 is 1.13 bits per heavy atom. The molecule has 0 aliphatic carbocycles. The van der Waals surface area contributed by atoms with Gasteiger partial charge >= 0.3 is 0 Å². The van der Waals surface area contributed by atoms with Gasteiger partial charge in [0.05, 0.1) is 12.2 Å². The summed E-state index contributed by atoms with van der Waals surface area (Å²) in [7, 11) is 0.